The maximum atomic E-state index is 5.36. The van der Waals surface area contributed by atoms with Crippen LogP contribution in [0.25, 0.3) is 10.8 Å². The Labute approximate surface area is 101 Å². The molecule has 3 heteroatoms. The first-order valence-corrected chi connectivity index (χ1v) is 5.98. The zero-order valence-electron chi connectivity index (χ0n) is 9.72. The molecule has 0 saturated carbocycles. The zero-order valence-corrected chi connectivity index (χ0v) is 9.72. The molecule has 0 spiro atoms. The van der Waals surface area contributed by atoms with E-state index in [1.54, 1.807) is 0 Å². The van der Waals surface area contributed by atoms with E-state index in [0.29, 0.717) is 0 Å². The van der Waals surface area contributed by atoms with Crippen molar-refractivity contribution in [1.82, 2.24) is 9.88 Å². The first-order valence-electron chi connectivity index (χ1n) is 5.98. The summed E-state index contributed by atoms with van der Waals surface area (Å²) in [4.78, 5) is 6.89. The first-order chi connectivity index (χ1) is 8.43. The Morgan fingerprint density at radius 1 is 1.29 bits per heavy atom. The summed E-state index contributed by atoms with van der Waals surface area (Å²) < 4.78 is 5.36. The van der Waals surface area contributed by atoms with Crippen molar-refractivity contribution < 1.29 is 4.74 Å². The number of hydrogen-bond acceptors (Lipinski definition) is 3. The van der Waals surface area contributed by atoms with Gasteiger partial charge in [0.1, 0.15) is 0 Å². The summed E-state index contributed by atoms with van der Waals surface area (Å²) in [5.41, 5.74) is 1.14. The smallest absolute Gasteiger partial charge is 0.0622 e. The van der Waals surface area contributed by atoms with E-state index in [4.69, 9.17) is 4.74 Å². The average molecular weight is 227 g/mol. The number of hydrogen-bond donors (Lipinski definition) is 0. The number of pyridine rings is 1. The normalized spacial score (nSPS) is 17.4. The fourth-order valence-corrected chi connectivity index (χ4v) is 2.21. The highest BCUT2D eigenvalue weighted by Crippen LogP contribution is 2.17. The zero-order chi connectivity index (χ0) is 11.5. The van der Waals surface area contributed by atoms with Crippen LogP contribution in [0.5, 0.6) is 0 Å². The molecule has 3 rings (SSSR count). The quantitative estimate of drug-likeness (QED) is 0.783. The van der Waals surface area contributed by atoms with Crippen LogP contribution >= 0.6 is 0 Å². The summed E-state index contributed by atoms with van der Waals surface area (Å²) >= 11 is 0. The van der Waals surface area contributed by atoms with Gasteiger partial charge in [0, 0.05) is 31.2 Å². The molecule has 1 radical (unpaired) electrons. The summed E-state index contributed by atoms with van der Waals surface area (Å²) in [5.74, 6) is 0. The largest absolute Gasteiger partial charge is 0.379 e. The maximum Gasteiger partial charge on any atom is 0.0622 e. The first kappa shape index (κ1) is 10.7. The van der Waals surface area contributed by atoms with E-state index in [1.165, 1.54) is 5.39 Å². The van der Waals surface area contributed by atoms with E-state index in [-0.39, 0.29) is 0 Å². The summed E-state index contributed by atoms with van der Waals surface area (Å²) in [6, 6.07) is 11.3. The minimum atomic E-state index is 0.830. The Balaban J connectivity index is 1.89. The van der Waals surface area contributed by atoms with Gasteiger partial charge >= 0.3 is 0 Å². The van der Waals surface area contributed by atoms with Gasteiger partial charge in [0.15, 0.2) is 0 Å². The topological polar surface area (TPSA) is 25.4 Å². The average Bonchev–Trinajstić information content (AvgIpc) is 2.40. The molecular weight excluding hydrogens is 212 g/mol. The van der Waals surface area contributed by atoms with E-state index in [2.05, 4.69) is 22.0 Å². The fraction of sp³-hybridized carbons (Fsp3) is 0.357. The standard InChI is InChI=1S/C14H15N2O/c1-2-4-13-12(3-1)5-6-15-14(13)11-16-7-9-17-10-8-16/h1-2,4-6H,7-11H2. The number of ether oxygens (including phenoxy) is 1. The molecule has 1 fully saturated rings. The van der Waals surface area contributed by atoms with Gasteiger partial charge in [0.25, 0.3) is 0 Å². The molecule has 17 heavy (non-hydrogen) atoms. The van der Waals surface area contributed by atoms with Gasteiger partial charge in [-0.05, 0) is 17.5 Å². The second-order valence-electron chi connectivity index (χ2n) is 4.28. The van der Waals surface area contributed by atoms with E-state index >= 15 is 0 Å². The minimum absolute atomic E-state index is 0.830. The Kier molecular flexibility index (Phi) is 3.03. The Hall–Kier alpha value is -1.45. The maximum absolute atomic E-state index is 5.36. The predicted octanol–water partition coefficient (Wildman–Crippen LogP) is 1.87. The van der Waals surface area contributed by atoms with Gasteiger partial charge in [0.05, 0.1) is 18.9 Å². The van der Waals surface area contributed by atoms with E-state index < -0.39 is 0 Å². The highest BCUT2D eigenvalue weighted by Gasteiger charge is 2.12. The van der Waals surface area contributed by atoms with Crippen molar-refractivity contribution in [3.8, 4) is 0 Å². The van der Waals surface area contributed by atoms with Crippen LogP contribution in [0, 0.1) is 6.07 Å². The fourth-order valence-electron chi connectivity index (χ4n) is 2.21. The summed E-state index contributed by atoms with van der Waals surface area (Å²) in [6.07, 6.45) is 1.87. The van der Waals surface area contributed by atoms with E-state index in [1.807, 2.05) is 24.4 Å². The third-order valence-electron chi connectivity index (χ3n) is 3.15. The van der Waals surface area contributed by atoms with Crippen LogP contribution in [0.3, 0.4) is 0 Å². The number of morpholine rings is 1. The molecule has 1 aliphatic rings. The Morgan fingerprint density at radius 2 is 2.18 bits per heavy atom. The van der Waals surface area contributed by atoms with Crippen LogP contribution in [-0.2, 0) is 11.3 Å². The highest BCUT2D eigenvalue weighted by atomic mass is 16.5. The van der Waals surface area contributed by atoms with Gasteiger partial charge in [-0.15, -0.1) is 0 Å². The summed E-state index contributed by atoms with van der Waals surface area (Å²) in [6.45, 7) is 4.55. The molecule has 0 aliphatic carbocycles. The van der Waals surface area contributed by atoms with Crippen LogP contribution in [0.2, 0.25) is 0 Å². The predicted molar refractivity (Wildman–Crippen MR) is 66.7 cm³/mol. The molecule has 2 aromatic rings. The number of nitrogens with zero attached hydrogens (tertiary/aromatic N) is 2. The lowest BCUT2D eigenvalue weighted by atomic mass is 10.1. The van der Waals surface area contributed by atoms with Crippen molar-refractivity contribution in [2.75, 3.05) is 26.3 Å². The molecule has 1 aliphatic heterocycles. The molecule has 87 valence electrons. The van der Waals surface area contributed by atoms with Gasteiger partial charge in [-0.1, -0.05) is 18.2 Å². The lowest BCUT2D eigenvalue weighted by molar-refractivity contribution is 0.0338. The van der Waals surface area contributed by atoms with Crippen molar-refractivity contribution in [2.24, 2.45) is 0 Å². The molecule has 0 amide bonds. The highest BCUT2D eigenvalue weighted by molar-refractivity contribution is 5.83. The third-order valence-corrected chi connectivity index (χ3v) is 3.15. The molecule has 0 unspecified atom stereocenters. The van der Waals surface area contributed by atoms with Crippen LogP contribution in [0.4, 0.5) is 0 Å². The van der Waals surface area contributed by atoms with Crippen molar-refractivity contribution in [1.29, 1.82) is 0 Å². The Morgan fingerprint density at radius 3 is 3.06 bits per heavy atom. The second kappa shape index (κ2) is 4.82. The molecule has 2 heterocycles. The van der Waals surface area contributed by atoms with Crippen LogP contribution in [-0.4, -0.2) is 36.2 Å². The molecule has 3 nitrogen and oxygen atoms in total. The molecule has 1 saturated heterocycles. The van der Waals surface area contributed by atoms with Crippen LogP contribution in [0.15, 0.2) is 30.5 Å². The van der Waals surface area contributed by atoms with Gasteiger partial charge in [0.2, 0.25) is 0 Å². The third kappa shape index (κ3) is 2.30. The van der Waals surface area contributed by atoms with Crippen LogP contribution < -0.4 is 0 Å². The molecule has 1 aromatic carbocycles. The van der Waals surface area contributed by atoms with Crippen molar-refractivity contribution in [3.63, 3.8) is 0 Å². The lowest BCUT2D eigenvalue weighted by Crippen LogP contribution is -2.35. The monoisotopic (exact) mass is 227 g/mol. The molecule has 0 bridgehead atoms. The van der Waals surface area contributed by atoms with Gasteiger partial charge in [-0.3, -0.25) is 9.88 Å². The second-order valence-corrected chi connectivity index (χ2v) is 4.28. The van der Waals surface area contributed by atoms with Gasteiger partial charge < -0.3 is 4.74 Å². The molecule has 0 atom stereocenters. The number of aromatic nitrogens is 1. The summed E-state index contributed by atoms with van der Waals surface area (Å²) in [7, 11) is 0. The molecular formula is C14H15N2O. The number of benzene rings is 1. The van der Waals surface area contributed by atoms with E-state index in [0.717, 1.165) is 43.9 Å². The van der Waals surface area contributed by atoms with E-state index in [9.17, 15) is 0 Å². The van der Waals surface area contributed by atoms with Crippen molar-refractivity contribution in [2.45, 2.75) is 6.54 Å². The van der Waals surface area contributed by atoms with Gasteiger partial charge in [-0.25, -0.2) is 0 Å². The number of rotatable bonds is 2. The lowest BCUT2D eigenvalue weighted by Gasteiger charge is -2.26. The van der Waals surface area contributed by atoms with Crippen molar-refractivity contribution >= 4 is 10.8 Å². The summed E-state index contributed by atoms with van der Waals surface area (Å²) in [5, 5.41) is 2.35. The van der Waals surface area contributed by atoms with Crippen molar-refractivity contribution in [3.05, 3.63) is 42.2 Å². The SMILES string of the molecule is [c]1cccc2c(CN3CCOCC3)nccc12. The van der Waals surface area contributed by atoms with Crippen LogP contribution in [0.1, 0.15) is 5.69 Å². The minimum Gasteiger partial charge on any atom is -0.379 e. The molecule has 1 aromatic heterocycles. The Bertz CT molecular complexity index is 501. The molecule has 0 N–H and O–H groups in total. The van der Waals surface area contributed by atoms with Gasteiger partial charge in [-0.2, -0.15) is 0 Å². The number of fused-ring (bicyclic) bond motifs is 1.